The zero-order valence-corrected chi connectivity index (χ0v) is 10.8. The maximum atomic E-state index is 10.5. The summed E-state index contributed by atoms with van der Waals surface area (Å²) in [4.78, 5) is 14.8. The molecule has 20 heavy (non-hydrogen) atoms. The molecular formula is C14H14N4O2. The van der Waals surface area contributed by atoms with Gasteiger partial charge in [0.2, 0.25) is 5.91 Å². The molecule has 0 aliphatic heterocycles. The quantitative estimate of drug-likeness (QED) is 0.763. The molecule has 1 heterocycles. The minimum absolute atomic E-state index is 0.107. The summed E-state index contributed by atoms with van der Waals surface area (Å²) in [5, 5.41) is 13.1. The van der Waals surface area contributed by atoms with Crippen LogP contribution >= 0.6 is 0 Å². The lowest BCUT2D eigenvalue weighted by Crippen LogP contribution is -2.20. The number of rotatable bonds is 6. The van der Waals surface area contributed by atoms with E-state index in [0.717, 1.165) is 16.6 Å². The first-order chi connectivity index (χ1) is 9.72. The van der Waals surface area contributed by atoms with E-state index in [0.29, 0.717) is 18.7 Å². The second-order valence-electron chi connectivity index (χ2n) is 4.12. The Kier molecular flexibility index (Phi) is 4.47. The van der Waals surface area contributed by atoms with Gasteiger partial charge in [-0.15, -0.1) is 0 Å². The van der Waals surface area contributed by atoms with Gasteiger partial charge in [-0.3, -0.25) is 9.78 Å². The largest absolute Gasteiger partial charge is 0.381 e. The van der Waals surface area contributed by atoms with Crippen molar-refractivity contribution in [3.05, 3.63) is 36.0 Å². The normalized spacial score (nSPS) is 10.2. The molecule has 0 aliphatic rings. The number of fused-ring (bicyclic) bond motifs is 1. The fourth-order valence-corrected chi connectivity index (χ4v) is 1.84. The molecule has 0 bridgehead atoms. The molecule has 2 rings (SSSR count). The molecule has 6 heteroatoms. The van der Waals surface area contributed by atoms with Crippen LogP contribution in [0.4, 0.5) is 5.69 Å². The number of hydrogen-bond donors (Lipinski definition) is 2. The number of nitriles is 1. The number of ether oxygens (including phenoxy) is 1. The summed E-state index contributed by atoms with van der Waals surface area (Å²) in [6.07, 6.45) is 1.54. The van der Waals surface area contributed by atoms with Crippen LogP contribution < -0.4 is 11.1 Å². The molecule has 0 saturated heterocycles. The summed E-state index contributed by atoms with van der Waals surface area (Å²) in [5.74, 6) is -0.503. The van der Waals surface area contributed by atoms with Crippen molar-refractivity contribution in [3.63, 3.8) is 0 Å². The number of para-hydroxylation sites is 1. The second kappa shape index (κ2) is 6.50. The summed E-state index contributed by atoms with van der Waals surface area (Å²) in [6, 6.07) is 9.66. The van der Waals surface area contributed by atoms with Crippen molar-refractivity contribution >= 4 is 22.5 Å². The van der Waals surface area contributed by atoms with Crippen molar-refractivity contribution in [1.29, 1.82) is 5.26 Å². The fourth-order valence-electron chi connectivity index (χ4n) is 1.84. The highest BCUT2D eigenvalue weighted by Crippen LogP contribution is 2.24. The molecule has 1 aromatic carbocycles. The van der Waals surface area contributed by atoms with Gasteiger partial charge >= 0.3 is 0 Å². The highest BCUT2D eigenvalue weighted by atomic mass is 16.5. The van der Waals surface area contributed by atoms with E-state index in [2.05, 4.69) is 16.4 Å². The van der Waals surface area contributed by atoms with Crippen molar-refractivity contribution in [3.8, 4) is 6.07 Å². The van der Waals surface area contributed by atoms with E-state index < -0.39 is 5.91 Å². The summed E-state index contributed by atoms with van der Waals surface area (Å²) in [7, 11) is 0. The van der Waals surface area contributed by atoms with Gasteiger partial charge in [0.1, 0.15) is 12.7 Å². The van der Waals surface area contributed by atoms with Gasteiger partial charge in [-0.25, -0.2) is 0 Å². The molecule has 0 unspecified atom stereocenters. The number of hydrogen-bond acceptors (Lipinski definition) is 5. The SMILES string of the molecule is N#Cc1cnc2ccccc2c1NCCOCC(N)=O. The Labute approximate surface area is 116 Å². The Morgan fingerprint density at radius 1 is 1.45 bits per heavy atom. The monoisotopic (exact) mass is 270 g/mol. The Morgan fingerprint density at radius 2 is 2.25 bits per heavy atom. The zero-order chi connectivity index (χ0) is 14.4. The van der Waals surface area contributed by atoms with Gasteiger partial charge in [0.15, 0.2) is 0 Å². The van der Waals surface area contributed by atoms with E-state index in [1.165, 1.54) is 6.20 Å². The number of nitrogens with zero attached hydrogens (tertiary/aromatic N) is 2. The van der Waals surface area contributed by atoms with Crippen LogP contribution in [0.25, 0.3) is 10.9 Å². The standard InChI is InChI=1S/C14H14N4O2/c15-7-10-8-18-12-4-2-1-3-11(12)14(10)17-5-6-20-9-13(16)19/h1-4,8H,5-6,9H2,(H2,16,19)(H,17,18). The molecule has 0 spiro atoms. The predicted molar refractivity (Wildman–Crippen MR) is 75.0 cm³/mol. The van der Waals surface area contributed by atoms with Crippen molar-refractivity contribution in [2.45, 2.75) is 0 Å². The first kappa shape index (κ1) is 13.8. The number of aromatic nitrogens is 1. The second-order valence-corrected chi connectivity index (χ2v) is 4.12. The number of carbonyl (C=O) groups is 1. The maximum absolute atomic E-state index is 10.5. The van der Waals surface area contributed by atoms with Crippen molar-refractivity contribution in [2.75, 3.05) is 25.1 Å². The summed E-state index contributed by atoms with van der Waals surface area (Å²) in [5.41, 5.74) is 6.98. The third-order valence-corrected chi connectivity index (χ3v) is 2.69. The smallest absolute Gasteiger partial charge is 0.243 e. The number of primary amides is 1. The van der Waals surface area contributed by atoms with Crippen molar-refractivity contribution < 1.29 is 9.53 Å². The zero-order valence-electron chi connectivity index (χ0n) is 10.8. The molecular weight excluding hydrogens is 256 g/mol. The summed E-state index contributed by atoms with van der Waals surface area (Å²) >= 11 is 0. The number of carbonyl (C=O) groups excluding carboxylic acids is 1. The third kappa shape index (κ3) is 3.22. The van der Waals surface area contributed by atoms with Gasteiger partial charge in [0.25, 0.3) is 0 Å². The molecule has 0 atom stereocenters. The van der Waals surface area contributed by atoms with Crippen LogP contribution in [0.3, 0.4) is 0 Å². The third-order valence-electron chi connectivity index (χ3n) is 2.69. The number of anilines is 1. The van der Waals surface area contributed by atoms with Crippen molar-refractivity contribution in [1.82, 2.24) is 4.98 Å². The van der Waals surface area contributed by atoms with Gasteiger partial charge < -0.3 is 15.8 Å². The first-order valence-corrected chi connectivity index (χ1v) is 6.10. The molecule has 1 amide bonds. The molecule has 0 radical (unpaired) electrons. The van der Waals surface area contributed by atoms with Gasteiger partial charge in [-0.1, -0.05) is 18.2 Å². The van der Waals surface area contributed by atoms with Crippen LogP contribution in [0.2, 0.25) is 0 Å². The Balaban J connectivity index is 2.12. The lowest BCUT2D eigenvalue weighted by molar-refractivity contribution is -0.122. The molecule has 2 aromatic rings. The van der Waals surface area contributed by atoms with Gasteiger partial charge in [0.05, 0.1) is 23.4 Å². The van der Waals surface area contributed by atoms with Gasteiger partial charge in [-0.05, 0) is 6.07 Å². The molecule has 6 nitrogen and oxygen atoms in total. The maximum Gasteiger partial charge on any atom is 0.243 e. The van der Waals surface area contributed by atoms with Crippen LogP contribution in [-0.2, 0) is 9.53 Å². The lowest BCUT2D eigenvalue weighted by atomic mass is 10.1. The number of nitrogens with two attached hydrogens (primary N) is 1. The number of benzene rings is 1. The Hall–Kier alpha value is -2.65. The summed E-state index contributed by atoms with van der Waals surface area (Å²) < 4.78 is 5.07. The fraction of sp³-hybridized carbons (Fsp3) is 0.214. The van der Waals surface area contributed by atoms with Crippen LogP contribution in [0.5, 0.6) is 0 Å². The average Bonchev–Trinajstić information content (AvgIpc) is 2.46. The van der Waals surface area contributed by atoms with Crippen LogP contribution in [-0.4, -0.2) is 30.6 Å². The van der Waals surface area contributed by atoms with Crippen LogP contribution in [0.15, 0.2) is 30.5 Å². The average molecular weight is 270 g/mol. The van der Waals surface area contributed by atoms with Gasteiger partial charge in [-0.2, -0.15) is 5.26 Å². The molecule has 0 fully saturated rings. The number of pyridine rings is 1. The van der Waals surface area contributed by atoms with Crippen molar-refractivity contribution in [2.24, 2.45) is 5.73 Å². The van der Waals surface area contributed by atoms with E-state index in [1.807, 2.05) is 24.3 Å². The van der Waals surface area contributed by atoms with E-state index in [9.17, 15) is 4.79 Å². The molecule has 1 aromatic heterocycles. The van der Waals surface area contributed by atoms with Crippen LogP contribution in [0.1, 0.15) is 5.56 Å². The minimum atomic E-state index is -0.503. The predicted octanol–water partition coefficient (Wildman–Crippen LogP) is 1.02. The van der Waals surface area contributed by atoms with E-state index >= 15 is 0 Å². The lowest BCUT2D eigenvalue weighted by Gasteiger charge is -2.11. The highest BCUT2D eigenvalue weighted by molar-refractivity contribution is 5.93. The Morgan fingerprint density at radius 3 is 3.00 bits per heavy atom. The van der Waals surface area contributed by atoms with E-state index in [1.54, 1.807) is 0 Å². The highest BCUT2D eigenvalue weighted by Gasteiger charge is 2.07. The molecule has 102 valence electrons. The molecule has 0 saturated carbocycles. The number of amides is 1. The summed E-state index contributed by atoms with van der Waals surface area (Å²) in [6.45, 7) is 0.685. The van der Waals surface area contributed by atoms with Crippen LogP contribution in [0, 0.1) is 11.3 Å². The minimum Gasteiger partial charge on any atom is -0.381 e. The first-order valence-electron chi connectivity index (χ1n) is 6.10. The Bertz CT molecular complexity index is 664. The molecule has 0 aliphatic carbocycles. The topological polar surface area (TPSA) is 101 Å². The van der Waals surface area contributed by atoms with Gasteiger partial charge in [0, 0.05) is 18.1 Å². The molecule has 3 N–H and O–H groups in total. The number of nitrogens with one attached hydrogen (secondary N) is 1. The van der Waals surface area contributed by atoms with E-state index in [4.69, 9.17) is 15.7 Å². The van der Waals surface area contributed by atoms with E-state index in [-0.39, 0.29) is 6.61 Å².